The molecule has 1 heterocycles. The Labute approximate surface area is 157 Å². The number of nitrogens with zero attached hydrogens (tertiary/aromatic N) is 2. The predicted octanol–water partition coefficient (Wildman–Crippen LogP) is 4.24. The Morgan fingerprint density at radius 3 is 2.64 bits per heavy atom. The number of rotatable bonds is 4. The molecule has 1 atom stereocenters. The highest BCUT2D eigenvalue weighted by Gasteiger charge is 2.32. The van der Waals surface area contributed by atoms with Crippen LogP contribution in [0.5, 0.6) is 5.75 Å². The fraction of sp³-hybridized carbons (Fsp3) is 0.316. The number of benzene rings is 2. The van der Waals surface area contributed by atoms with Crippen molar-refractivity contribution in [2.45, 2.75) is 19.5 Å². The van der Waals surface area contributed by atoms with Crippen LogP contribution in [0.2, 0.25) is 10.0 Å². The van der Waals surface area contributed by atoms with Crippen molar-refractivity contribution >= 4 is 34.8 Å². The number of hydrogen-bond acceptors (Lipinski definition) is 3. The lowest BCUT2D eigenvalue weighted by atomic mass is 10.1. The molecule has 132 valence electrons. The van der Waals surface area contributed by atoms with Crippen LogP contribution in [0, 0.1) is 0 Å². The minimum atomic E-state index is -0.214. The number of hydrogen-bond donors (Lipinski definition) is 0. The lowest BCUT2D eigenvalue weighted by Gasteiger charge is -2.39. The first kappa shape index (κ1) is 18.1. The van der Waals surface area contributed by atoms with E-state index in [0.717, 1.165) is 23.5 Å². The van der Waals surface area contributed by atoms with Crippen molar-refractivity contribution in [3.8, 4) is 5.75 Å². The van der Waals surface area contributed by atoms with E-state index in [2.05, 4.69) is 4.90 Å². The van der Waals surface area contributed by atoms with Gasteiger partial charge in [-0.15, -0.1) is 0 Å². The number of methoxy groups -OCH3 is 1. The minimum absolute atomic E-state index is 0.0625. The summed E-state index contributed by atoms with van der Waals surface area (Å²) in [5, 5.41) is 0.945. The van der Waals surface area contributed by atoms with Gasteiger partial charge in [-0.05, 0) is 42.8 Å². The molecule has 0 spiro atoms. The van der Waals surface area contributed by atoms with Crippen LogP contribution < -0.4 is 9.64 Å². The molecule has 1 saturated heterocycles. The summed E-state index contributed by atoms with van der Waals surface area (Å²) in [6, 6.07) is 13.0. The van der Waals surface area contributed by atoms with Gasteiger partial charge in [0.25, 0.3) is 0 Å². The highest BCUT2D eigenvalue weighted by Crippen LogP contribution is 2.29. The topological polar surface area (TPSA) is 32.8 Å². The molecule has 0 unspecified atom stereocenters. The molecule has 0 radical (unpaired) electrons. The van der Waals surface area contributed by atoms with E-state index < -0.39 is 0 Å². The van der Waals surface area contributed by atoms with Crippen molar-refractivity contribution in [3.05, 3.63) is 58.1 Å². The molecule has 0 aromatic heterocycles. The summed E-state index contributed by atoms with van der Waals surface area (Å²) in [5.41, 5.74) is 1.91. The molecular weight excluding hydrogens is 359 g/mol. The summed E-state index contributed by atoms with van der Waals surface area (Å²) in [6.07, 6.45) is 0. The van der Waals surface area contributed by atoms with Gasteiger partial charge in [-0.2, -0.15) is 0 Å². The summed E-state index contributed by atoms with van der Waals surface area (Å²) >= 11 is 12.1. The van der Waals surface area contributed by atoms with Crippen LogP contribution in [0.3, 0.4) is 0 Å². The highest BCUT2D eigenvalue weighted by molar-refractivity contribution is 6.42. The zero-order valence-electron chi connectivity index (χ0n) is 14.2. The average molecular weight is 379 g/mol. The smallest absolute Gasteiger partial charge is 0.244 e. The number of ether oxygens (including phenoxy) is 1. The van der Waals surface area contributed by atoms with E-state index in [4.69, 9.17) is 27.9 Å². The molecular formula is C19H20Cl2N2O2. The SMILES string of the molecule is COc1cccc(CN2CCN(c3ccc(Cl)c(Cl)c3)C(=O)[C@H]2C)c1. The molecule has 0 saturated carbocycles. The summed E-state index contributed by atoms with van der Waals surface area (Å²) in [4.78, 5) is 16.8. The number of anilines is 1. The Balaban J connectivity index is 1.73. The van der Waals surface area contributed by atoms with Crippen LogP contribution in [0.1, 0.15) is 12.5 Å². The van der Waals surface area contributed by atoms with E-state index in [-0.39, 0.29) is 11.9 Å². The summed E-state index contributed by atoms with van der Waals surface area (Å²) in [6.45, 7) is 4.04. The first-order chi connectivity index (χ1) is 12.0. The van der Waals surface area contributed by atoms with Gasteiger partial charge in [0.05, 0.1) is 23.2 Å². The second kappa shape index (κ2) is 7.65. The van der Waals surface area contributed by atoms with E-state index >= 15 is 0 Å². The molecule has 25 heavy (non-hydrogen) atoms. The number of carbonyl (C=O) groups excluding carboxylic acids is 1. The number of piperazine rings is 1. The number of carbonyl (C=O) groups is 1. The number of halogens is 2. The van der Waals surface area contributed by atoms with Gasteiger partial charge >= 0.3 is 0 Å². The van der Waals surface area contributed by atoms with Crippen LogP contribution in [0.15, 0.2) is 42.5 Å². The largest absolute Gasteiger partial charge is 0.497 e. The van der Waals surface area contributed by atoms with Gasteiger partial charge in [-0.3, -0.25) is 9.69 Å². The third-order valence-corrected chi connectivity index (χ3v) is 5.26. The van der Waals surface area contributed by atoms with Gasteiger partial charge < -0.3 is 9.64 Å². The third kappa shape index (κ3) is 3.92. The van der Waals surface area contributed by atoms with E-state index in [1.54, 1.807) is 24.1 Å². The normalized spacial score (nSPS) is 18.5. The minimum Gasteiger partial charge on any atom is -0.497 e. The molecule has 0 bridgehead atoms. The van der Waals surface area contributed by atoms with Crippen molar-refractivity contribution < 1.29 is 9.53 Å². The first-order valence-electron chi connectivity index (χ1n) is 8.13. The fourth-order valence-electron chi connectivity index (χ4n) is 3.04. The van der Waals surface area contributed by atoms with E-state index in [9.17, 15) is 4.79 Å². The molecule has 1 amide bonds. The monoisotopic (exact) mass is 378 g/mol. The molecule has 0 N–H and O–H groups in total. The Kier molecular flexibility index (Phi) is 5.52. The molecule has 3 rings (SSSR count). The van der Waals surface area contributed by atoms with Crippen molar-refractivity contribution in [3.63, 3.8) is 0 Å². The van der Waals surface area contributed by atoms with Gasteiger partial charge in [0, 0.05) is 25.3 Å². The van der Waals surface area contributed by atoms with Gasteiger partial charge in [0.15, 0.2) is 0 Å². The maximum atomic E-state index is 12.8. The molecule has 1 aliphatic heterocycles. The highest BCUT2D eigenvalue weighted by atomic mass is 35.5. The van der Waals surface area contributed by atoms with E-state index in [0.29, 0.717) is 23.1 Å². The van der Waals surface area contributed by atoms with Gasteiger partial charge in [-0.25, -0.2) is 0 Å². The Bertz CT molecular complexity index is 782. The summed E-state index contributed by atoms with van der Waals surface area (Å²) in [7, 11) is 1.65. The molecule has 1 aliphatic rings. The van der Waals surface area contributed by atoms with Crippen molar-refractivity contribution in [1.29, 1.82) is 0 Å². The lowest BCUT2D eigenvalue weighted by Crippen LogP contribution is -2.55. The van der Waals surface area contributed by atoms with Crippen molar-refractivity contribution in [1.82, 2.24) is 4.90 Å². The summed E-state index contributed by atoms with van der Waals surface area (Å²) < 4.78 is 5.27. The molecule has 0 aliphatic carbocycles. The van der Waals surface area contributed by atoms with Gasteiger partial charge in [0.1, 0.15) is 5.75 Å². The number of amides is 1. The van der Waals surface area contributed by atoms with Crippen molar-refractivity contribution in [2.24, 2.45) is 0 Å². The third-order valence-electron chi connectivity index (χ3n) is 4.52. The maximum absolute atomic E-state index is 12.8. The molecule has 2 aromatic rings. The molecule has 6 heteroatoms. The van der Waals surface area contributed by atoms with Crippen LogP contribution in [-0.2, 0) is 11.3 Å². The average Bonchev–Trinajstić information content (AvgIpc) is 2.62. The second-order valence-corrected chi connectivity index (χ2v) is 6.90. The van der Waals surface area contributed by atoms with Gasteiger partial charge in [0.2, 0.25) is 5.91 Å². The molecule has 4 nitrogen and oxygen atoms in total. The first-order valence-corrected chi connectivity index (χ1v) is 8.88. The summed E-state index contributed by atoms with van der Waals surface area (Å²) in [5.74, 6) is 0.887. The van der Waals surface area contributed by atoms with Crippen LogP contribution >= 0.6 is 23.2 Å². The molecule has 2 aromatic carbocycles. The predicted molar refractivity (Wildman–Crippen MR) is 102 cm³/mol. The van der Waals surface area contributed by atoms with Crippen LogP contribution in [0.4, 0.5) is 5.69 Å². The quantitative estimate of drug-likeness (QED) is 0.797. The Morgan fingerprint density at radius 1 is 1.12 bits per heavy atom. The second-order valence-electron chi connectivity index (χ2n) is 6.09. The van der Waals surface area contributed by atoms with E-state index in [1.165, 1.54) is 0 Å². The zero-order valence-corrected chi connectivity index (χ0v) is 15.7. The van der Waals surface area contributed by atoms with Crippen LogP contribution in [-0.4, -0.2) is 37.0 Å². The Hall–Kier alpha value is -1.75. The molecule has 1 fully saturated rings. The lowest BCUT2D eigenvalue weighted by molar-refractivity contribution is -0.125. The van der Waals surface area contributed by atoms with Crippen molar-refractivity contribution in [2.75, 3.05) is 25.1 Å². The fourth-order valence-corrected chi connectivity index (χ4v) is 3.34. The van der Waals surface area contributed by atoms with E-state index in [1.807, 2.05) is 37.3 Å². The van der Waals surface area contributed by atoms with Crippen LogP contribution in [0.25, 0.3) is 0 Å². The maximum Gasteiger partial charge on any atom is 0.244 e. The van der Waals surface area contributed by atoms with Gasteiger partial charge in [-0.1, -0.05) is 35.3 Å². The Morgan fingerprint density at radius 2 is 1.92 bits per heavy atom. The zero-order chi connectivity index (χ0) is 18.0. The standard InChI is InChI=1S/C19H20Cl2N2O2/c1-13-19(24)23(15-6-7-17(20)18(21)11-15)9-8-22(13)12-14-4-3-5-16(10-14)25-2/h3-7,10-11,13H,8-9,12H2,1-2H3/t13-/m1/s1.